The minimum atomic E-state index is 0.0607. The van der Waals surface area contributed by atoms with Crippen LogP contribution in [0.4, 0.5) is 0 Å². The van der Waals surface area contributed by atoms with Gasteiger partial charge < -0.3 is 0 Å². The number of rotatable bonds is 3. The van der Waals surface area contributed by atoms with Crippen molar-refractivity contribution in [2.75, 3.05) is 0 Å². The van der Waals surface area contributed by atoms with Crippen molar-refractivity contribution in [3.05, 3.63) is 91.1 Å². The Balaban J connectivity index is 1.86. The molecule has 108 valence electrons. The molecule has 0 aliphatic carbocycles. The number of hydrogen-bond donors (Lipinski definition) is 0. The minimum Gasteiger partial charge on any atom is -0.289 e. The number of carbonyl (C=O) groups is 1. The average Bonchev–Trinajstić information content (AvgIpc) is 2.56. The standard InChI is InChI=1S/C19H12I2O/c20-17-9-5-14(6-10-17)13-1-3-15(4-2-13)19(22)16-7-11-18(21)12-8-16/h1-12H. The maximum atomic E-state index is 12.4. The van der Waals surface area contributed by atoms with Gasteiger partial charge in [0.2, 0.25) is 0 Å². The van der Waals surface area contributed by atoms with Gasteiger partial charge in [0, 0.05) is 18.3 Å². The van der Waals surface area contributed by atoms with Crippen LogP contribution in [0.3, 0.4) is 0 Å². The van der Waals surface area contributed by atoms with E-state index in [-0.39, 0.29) is 5.78 Å². The molecule has 3 heteroatoms. The van der Waals surface area contributed by atoms with E-state index in [0.29, 0.717) is 0 Å². The summed E-state index contributed by atoms with van der Waals surface area (Å²) in [6, 6.07) is 23.8. The highest BCUT2D eigenvalue weighted by atomic mass is 127. The van der Waals surface area contributed by atoms with Gasteiger partial charge in [0.05, 0.1) is 0 Å². The molecule has 0 heterocycles. The second-order valence-electron chi connectivity index (χ2n) is 4.92. The number of benzene rings is 3. The Kier molecular flexibility index (Phi) is 4.93. The zero-order valence-corrected chi connectivity index (χ0v) is 15.9. The highest BCUT2D eigenvalue weighted by molar-refractivity contribution is 14.1. The van der Waals surface area contributed by atoms with E-state index < -0.39 is 0 Å². The molecule has 0 saturated carbocycles. The molecule has 0 spiro atoms. The van der Waals surface area contributed by atoms with Crippen LogP contribution < -0.4 is 0 Å². The quantitative estimate of drug-likeness (QED) is 0.322. The van der Waals surface area contributed by atoms with Gasteiger partial charge >= 0.3 is 0 Å². The maximum Gasteiger partial charge on any atom is 0.193 e. The summed E-state index contributed by atoms with van der Waals surface area (Å²) >= 11 is 4.53. The maximum absolute atomic E-state index is 12.4. The lowest BCUT2D eigenvalue weighted by molar-refractivity contribution is 0.103. The van der Waals surface area contributed by atoms with Crippen LogP contribution in [0.2, 0.25) is 0 Å². The molecule has 0 unspecified atom stereocenters. The topological polar surface area (TPSA) is 17.1 Å². The summed E-state index contributed by atoms with van der Waals surface area (Å²) in [5.74, 6) is 0.0607. The molecule has 0 aromatic heterocycles. The van der Waals surface area contributed by atoms with Crippen LogP contribution in [0, 0.1) is 7.14 Å². The minimum absolute atomic E-state index is 0.0607. The molecule has 0 aliphatic heterocycles. The third-order valence-electron chi connectivity index (χ3n) is 3.43. The third kappa shape index (κ3) is 3.57. The monoisotopic (exact) mass is 510 g/mol. The summed E-state index contributed by atoms with van der Waals surface area (Å²) in [6.45, 7) is 0. The zero-order valence-electron chi connectivity index (χ0n) is 11.6. The predicted octanol–water partition coefficient (Wildman–Crippen LogP) is 5.79. The van der Waals surface area contributed by atoms with Gasteiger partial charge in [0.1, 0.15) is 0 Å². The molecular formula is C19H12I2O. The molecule has 0 amide bonds. The van der Waals surface area contributed by atoms with E-state index in [1.54, 1.807) is 0 Å². The Morgan fingerprint density at radius 2 is 0.864 bits per heavy atom. The third-order valence-corrected chi connectivity index (χ3v) is 4.87. The van der Waals surface area contributed by atoms with Crippen molar-refractivity contribution in [2.45, 2.75) is 0 Å². The fourth-order valence-corrected chi connectivity index (χ4v) is 2.94. The van der Waals surface area contributed by atoms with Gasteiger partial charge in [0.15, 0.2) is 5.78 Å². The summed E-state index contributed by atoms with van der Waals surface area (Å²) in [5, 5.41) is 0. The molecule has 3 aromatic rings. The summed E-state index contributed by atoms with van der Waals surface area (Å²) in [7, 11) is 0. The van der Waals surface area contributed by atoms with Crippen LogP contribution in [0.15, 0.2) is 72.8 Å². The van der Waals surface area contributed by atoms with Crippen molar-refractivity contribution in [1.29, 1.82) is 0 Å². The van der Waals surface area contributed by atoms with Gasteiger partial charge in [-0.3, -0.25) is 4.79 Å². The largest absolute Gasteiger partial charge is 0.289 e. The van der Waals surface area contributed by atoms with Crippen molar-refractivity contribution in [2.24, 2.45) is 0 Å². The first-order chi connectivity index (χ1) is 10.6. The van der Waals surface area contributed by atoms with Crippen LogP contribution in [0.25, 0.3) is 11.1 Å². The highest BCUT2D eigenvalue weighted by Crippen LogP contribution is 2.22. The summed E-state index contributed by atoms with van der Waals surface area (Å²) in [4.78, 5) is 12.4. The van der Waals surface area contributed by atoms with Gasteiger partial charge in [-0.1, -0.05) is 36.4 Å². The molecule has 0 fully saturated rings. The number of carbonyl (C=O) groups excluding carboxylic acids is 1. The number of hydrogen-bond acceptors (Lipinski definition) is 1. The average molecular weight is 510 g/mol. The van der Waals surface area contributed by atoms with E-state index >= 15 is 0 Å². The molecule has 22 heavy (non-hydrogen) atoms. The Morgan fingerprint density at radius 3 is 1.32 bits per heavy atom. The molecule has 0 N–H and O–H groups in total. The van der Waals surface area contributed by atoms with E-state index in [4.69, 9.17) is 0 Å². The molecule has 0 atom stereocenters. The van der Waals surface area contributed by atoms with Crippen LogP contribution in [0.1, 0.15) is 15.9 Å². The first-order valence-corrected chi connectivity index (χ1v) is 8.95. The molecule has 1 nitrogen and oxygen atoms in total. The molecule has 0 bridgehead atoms. The molecule has 3 aromatic carbocycles. The fraction of sp³-hybridized carbons (Fsp3) is 0. The van der Waals surface area contributed by atoms with Gasteiger partial charge in [-0.2, -0.15) is 0 Å². The fourth-order valence-electron chi connectivity index (χ4n) is 2.22. The van der Waals surface area contributed by atoms with Crippen LogP contribution >= 0.6 is 45.2 Å². The first-order valence-electron chi connectivity index (χ1n) is 6.80. The molecule has 0 radical (unpaired) electrons. The summed E-state index contributed by atoms with van der Waals surface area (Å²) in [6.07, 6.45) is 0. The SMILES string of the molecule is O=C(c1ccc(I)cc1)c1ccc(-c2ccc(I)cc2)cc1. The Hall–Kier alpha value is -1.21. The van der Waals surface area contributed by atoms with Crippen molar-refractivity contribution >= 4 is 51.0 Å². The molecular weight excluding hydrogens is 498 g/mol. The lowest BCUT2D eigenvalue weighted by atomic mass is 9.99. The smallest absolute Gasteiger partial charge is 0.193 e. The number of ketones is 1. The summed E-state index contributed by atoms with van der Waals surface area (Å²) < 4.78 is 2.34. The van der Waals surface area contributed by atoms with Crippen LogP contribution in [-0.2, 0) is 0 Å². The molecule has 0 saturated heterocycles. The van der Waals surface area contributed by atoms with Gasteiger partial charge in [-0.05, 0) is 92.7 Å². The van der Waals surface area contributed by atoms with Crippen LogP contribution in [0.5, 0.6) is 0 Å². The van der Waals surface area contributed by atoms with Crippen molar-refractivity contribution in [1.82, 2.24) is 0 Å². The van der Waals surface area contributed by atoms with E-state index in [1.165, 1.54) is 3.57 Å². The van der Waals surface area contributed by atoms with Crippen molar-refractivity contribution < 1.29 is 4.79 Å². The van der Waals surface area contributed by atoms with Crippen molar-refractivity contribution in [3.63, 3.8) is 0 Å². The second kappa shape index (κ2) is 6.91. The van der Waals surface area contributed by atoms with Crippen molar-refractivity contribution in [3.8, 4) is 11.1 Å². The predicted molar refractivity (Wildman–Crippen MR) is 107 cm³/mol. The Labute approximate surface area is 157 Å². The van der Waals surface area contributed by atoms with E-state index in [0.717, 1.165) is 25.8 Å². The highest BCUT2D eigenvalue weighted by Gasteiger charge is 2.09. The Bertz CT molecular complexity index is 788. The van der Waals surface area contributed by atoms with Crippen LogP contribution in [-0.4, -0.2) is 5.78 Å². The lowest BCUT2D eigenvalue weighted by Gasteiger charge is -2.05. The molecule has 3 rings (SSSR count). The zero-order chi connectivity index (χ0) is 15.5. The van der Waals surface area contributed by atoms with Gasteiger partial charge in [-0.25, -0.2) is 0 Å². The van der Waals surface area contributed by atoms with Gasteiger partial charge in [-0.15, -0.1) is 0 Å². The summed E-state index contributed by atoms with van der Waals surface area (Å²) in [5.41, 5.74) is 3.72. The van der Waals surface area contributed by atoms with E-state index in [9.17, 15) is 4.79 Å². The van der Waals surface area contributed by atoms with Gasteiger partial charge in [0.25, 0.3) is 0 Å². The first kappa shape index (κ1) is 15.7. The number of halogens is 2. The second-order valence-corrected chi connectivity index (χ2v) is 7.41. The normalized spacial score (nSPS) is 10.5. The van der Waals surface area contributed by atoms with E-state index in [2.05, 4.69) is 69.4 Å². The van der Waals surface area contributed by atoms with E-state index in [1.807, 2.05) is 48.5 Å². The molecule has 0 aliphatic rings. The lowest BCUT2D eigenvalue weighted by Crippen LogP contribution is -2.00. The Morgan fingerprint density at radius 1 is 0.545 bits per heavy atom.